The Kier molecular flexibility index (Phi) is 8.67. The first-order chi connectivity index (χ1) is 31.2. The second-order valence-corrected chi connectivity index (χ2v) is 17.5. The molecule has 0 aliphatic heterocycles. The molecule has 3 aromatic heterocycles. The lowest BCUT2D eigenvalue weighted by atomic mass is 9.71. The molecule has 12 rings (SSSR count). The topological polar surface area (TPSA) is 56.7 Å². The van der Waals surface area contributed by atoms with Crippen molar-refractivity contribution >= 4 is 145 Å². The Balaban J connectivity index is 1.11. The van der Waals surface area contributed by atoms with E-state index in [0.717, 1.165) is 71.6 Å². The van der Waals surface area contributed by atoms with E-state index in [1.807, 2.05) is 18.2 Å². The van der Waals surface area contributed by atoms with E-state index in [-0.39, 0.29) is 0 Å². The maximum atomic E-state index is 7.02. The lowest BCUT2D eigenvalue weighted by Crippen LogP contribution is -2.33. The van der Waals surface area contributed by atoms with Gasteiger partial charge in [-0.05, 0) is 68.2 Å². The molecule has 0 fully saturated rings. The van der Waals surface area contributed by atoms with Crippen LogP contribution < -0.4 is 32.8 Å². The molecule has 0 atom stereocenters. The number of hydrogen-bond donors (Lipinski definition) is 0. The first-order valence-corrected chi connectivity index (χ1v) is 22.0. The molecular weight excluding hydrogens is 773 g/mol. The van der Waals surface area contributed by atoms with Crippen LogP contribution in [0.3, 0.4) is 0 Å². The number of hydrogen-bond acceptors (Lipinski definition) is 4. The summed E-state index contributed by atoms with van der Waals surface area (Å²) in [6, 6.07) is 55.8. The van der Waals surface area contributed by atoms with Crippen molar-refractivity contribution in [1.29, 1.82) is 0 Å². The summed E-state index contributed by atoms with van der Waals surface area (Å²) in [4.78, 5) is 15.6. The maximum Gasteiger partial charge on any atom is 0.164 e. The Bertz CT molecular complexity index is 3850. The maximum absolute atomic E-state index is 7.02. The smallest absolute Gasteiger partial charge is 0.164 e. The molecule has 0 amide bonds. The van der Waals surface area contributed by atoms with Crippen LogP contribution in [0.4, 0.5) is 0 Å². The third kappa shape index (κ3) is 5.84. The zero-order valence-electron chi connectivity index (χ0n) is 36.7. The van der Waals surface area contributed by atoms with Gasteiger partial charge in [0.2, 0.25) is 0 Å². The average molecular weight is 812 g/mol. The summed E-state index contributed by atoms with van der Waals surface area (Å²) in [5.41, 5.74) is 17.9. The molecule has 64 heavy (non-hydrogen) atoms. The van der Waals surface area contributed by atoms with E-state index in [2.05, 4.69) is 191 Å². The van der Waals surface area contributed by atoms with E-state index >= 15 is 0 Å². The van der Waals surface area contributed by atoms with Gasteiger partial charge in [-0.3, -0.25) is 0 Å². The minimum Gasteiger partial charge on any atom is -0.455 e. The van der Waals surface area contributed by atoms with E-state index in [9.17, 15) is 0 Å². The van der Waals surface area contributed by atoms with Gasteiger partial charge in [-0.25, -0.2) is 15.0 Å². The summed E-state index contributed by atoms with van der Waals surface area (Å²) in [6.07, 6.45) is 0. The third-order valence-corrected chi connectivity index (χ3v) is 13.6. The lowest BCUT2D eigenvalue weighted by Gasteiger charge is -2.15. The van der Waals surface area contributed by atoms with Gasteiger partial charge in [-0.2, -0.15) is 0 Å². The predicted octanol–water partition coefficient (Wildman–Crippen LogP) is 3.39. The molecule has 11 heteroatoms. The normalized spacial score (nSPS) is 11.8. The third-order valence-electron chi connectivity index (χ3n) is 13.6. The van der Waals surface area contributed by atoms with E-state index in [1.54, 1.807) is 0 Å². The van der Waals surface area contributed by atoms with Gasteiger partial charge in [-0.15, -0.1) is 0 Å². The average Bonchev–Trinajstić information content (AvgIpc) is 3.90. The lowest BCUT2D eigenvalue weighted by molar-refractivity contribution is 0.670. The van der Waals surface area contributed by atoms with Gasteiger partial charge < -0.3 is 8.98 Å². The molecule has 0 spiro atoms. The summed E-state index contributed by atoms with van der Waals surface area (Å²) in [5, 5.41) is 9.36. The van der Waals surface area contributed by atoms with Gasteiger partial charge in [0.05, 0.1) is 0 Å². The van der Waals surface area contributed by atoms with Crippen LogP contribution in [0.1, 0.15) is 0 Å². The van der Waals surface area contributed by atoms with E-state index in [4.69, 9.17) is 19.4 Å². The Labute approximate surface area is 376 Å². The minimum absolute atomic E-state index is 0.583. The van der Waals surface area contributed by atoms with Crippen molar-refractivity contribution in [2.24, 2.45) is 0 Å². The summed E-state index contributed by atoms with van der Waals surface area (Å²) in [6.45, 7) is 0. The number of nitrogens with zero attached hydrogens (tertiary/aromatic N) is 4. The molecule has 0 bridgehead atoms. The van der Waals surface area contributed by atoms with Crippen LogP contribution in [0, 0.1) is 0 Å². The number of aromatic nitrogens is 4. The molecule has 0 radical (unpaired) electrons. The summed E-state index contributed by atoms with van der Waals surface area (Å²) >= 11 is 0. The molecule has 294 valence electrons. The first-order valence-electron chi connectivity index (χ1n) is 22.0. The quantitative estimate of drug-likeness (QED) is 0.198. The number of benzene rings is 9. The van der Waals surface area contributed by atoms with Gasteiger partial charge in [0.25, 0.3) is 0 Å². The largest absolute Gasteiger partial charge is 0.455 e. The van der Waals surface area contributed by atoms with Crippen molar-refractivity contribution in [3.8, 4) is 51.0 Å². The van der Waals surface area contributed by atoms with Crippen LogP contribution in [0.2, 0.25) is 0 Å². The molecule has 0 N–H and O–H groups in total. The number of rotatable bonds is 5. The van der Waals surface area contributed by atoms with Gasteiger partial charge in [0.1, 0.15) is 58.2 Å². The van der Waals surface area contributed by atoms with Crippen molar-refractivity contribution in [2.45, 2.75) is 0 Å². The van der Waals surface area contributed by atoms with Crippen molar-refractivity contribution in [3.63, 3.8) is 0 Å². The highest BCUT2D eigenvalue weighted by Gasteiger charge is 2.24. The molecule has 3 heterocycles. The zero-order chi connectivity index (χ0) is 43.4. The molecule has 12 aromatic rings. The molecule has 5 nitrogen and oxygen atoms in total. The summed E-state index contributed by atoms with van der Waals surface area (Å²) in [7, 11) is 13.5. The molecule has 9 aromatic carbocycles. The van der Waals surface area contributed by atoms with Gasteiger partial charge in [0, 0.05) is 49.7 Å². The Hall–Kier alpha value is -7.50. The fourth-order valence-corrected chi connectivity index (χ4v) is 10.2. The van der Waals surface area contributed by atoms with Crippen molar-refractivity contribution in [3.05, 3.63) is 158 Å². The predicted molar refractivity (Wildman–Crippen MR) is 287 cm³/mol. The van der Waals surface area contributed by atoms with Crippen LogP contribution in [0.25, 0.3) is 116 Å². The van der Waals surface area contributed by atoms with Crippen LogP contribution in [-0.4, -0.2) is 66.6 Å². The highest BCUT2D eigenvalue weighted by atomic mass is 16.3. The number of fused-ring (bicyclic) bond motifs is 9. The van der Waals surface area contributed by atoms with Crippen LogP contribution in [-0.2, 0) is 0 Å². The molecule has 0 saturated heterocycles. The van der Waals surface area contributed by atoms with Crippen LogP contribution in [0.5, 0.6) is 0 Å². The standard InChI is InChI=1S/C53H38B6N4O/c54-39-25-41(56)48-44(46(39)58)45-47(59)40(55)26-42(57)49(45)63(48)31-23-36(27-11-3-1-4-12-27)50-37(24-31)35-20-19-30(22-43(35)64-50)52-60-51(28-13-5-2-6-14-28)61-53(62-52)38-21-29-15-7-8-16-32(29)33-17-9-10-18-34(33)38/h1-26H,54-59H2. The monoisotopic (exact) mass is 812 g/mol. The fraction of sp³-hybridized carbons (Fsp3) is 0. The Morgan fingerprint density at radius 1 is 0.391 bits per heavy atom. The second kappa shape index (κ2) is 14.5. The highest BCUT2D eigenvalue weighted by molar-refractivity contribution is 6.62. The first kappa shape index (κ1) is 38.2. The minimum atomic E-state index is 0.583. The summed E-state index contributed by atoms with van der Waals surface area (Å²) < 4.78 is 9.53. The molecule has 0 aliphatic carbocycles. The van der Waals surface area contributed by atoms with Crippen molar-refractivity contribution < 1.29 is 4.42 Å². The number of furan rings is 1. The molecular formula is C53H38B6N4O. The fourth-order valence-electron chi connectivity index (χ4n) is 10.2. The van der Waals surface area contributed by atoms with E-state index < -0.39 is 0 Å². The van der Waals surface area contributed by atoms with Crippen LogP contribution in [0.15, 0.2) is 162 Å². The van der Waals surface area contributed by atoms with Crippen molar-refractivity contribution in [2.75, 3.05) is 0 Å². The molecule has 0 aliphatic rings. The Morgan fingerprint density at radius 2 is 0.953 bits per heavy atom. The van der Waals surface area contributed by atoms with Gasteiger partial charge >= 0.3 is 0 Å². The van der Waals surface area contributed by atoms with Gasteiger partial charge in [0.15, 0.2) is 17.5 Å². The van der Waals surface area contributed by atoms with Gasteiger partial charge in [-0.1, -0.05) is 160 Å². The Morgan fingerprint density at radius 3 is 1.62 bits per heavy atom. The molecule has 0 unspecified atom stereocenters. The van der Waals surface area contributed by atoms with E-state index in [0.29, 0.717) is 17.5 Å². The van der Waals surface area contributed by atoms with Crippen molar-refractivity contribution in [1.82, 2.24) is 19.5 Å². The second-order valence-electron chi connectivity index (χ2n) is 17.5. The van der Waals surface area contributed by atoms with E-state index in [1.165, 1.54) is 60.0 Å². The van der Waals surface area contributed by atoms with Crippen LogP contribution >= 0.6 is 0 Å². The SMILES string of the molecule is Bc1cc(B)c2c(c1B)c1c(B)c(B)cc(B)c1n2-c1cc(-c2ccccc2)c2oc3cc(-c4nc(-c5ccccc5)nc(-c5cc6ccccc6c6ccccc56)n4)ccc3c2c1. The molecule has 0 saturated carbocycles. The highest BCUT2D eigenvalue weighted by Crippen LogP contribution is 2.41. The summed E-state index contributed by atoms with van der Waals surface area (Å²) in [5.74, 6) is 1.82. The zero-order valence-corrected chi connectivity index (χ0v) is 36.7.